The molecule has 5 aromatic rings. The highest BCUT2D eigenvalue weighted by molar-refractivity contribution is 7.91. The van der Waals surface area contributed by atoms with Crippen molar-refractivity contribution in [3.63, 3.8) is 0 Å². The van der Waals surface area contributed by atoms with E-state index in [-0.39, 0.29) is 18.0 Å². The minimum atomic E-state index is -3.43. The first-order valence-electron chi connectivity index (χ1n) is 18.2. The fourth-order valence-electron chi connectivity index (χ4n) is 7.09. The number of hydrogen-bond donors (Lipinski definition) is 0. The zero-order chi connectivity index (χ0) is 37.7. The van der Waals surface area contributed by atoms with Gasteiger partial charge >= 0.3 is 0 Å². The van der Waals surface area contributed by atoms with Crippen molar-refractivity contribution in [1.29, 1.82) is 0 Å². The van der Waals surface area contributed by atoms with Crippen molar-refractivity contribution >= 4 is 32.9 Å². The number of rotatable bonds is 16. The number of halogens is 1. The first-order valence-corrected chi connectivity index (χ1v) is 20.2. The number of aryl methyl sites for hydroxylation is 4. The fourth-order valence-corrected chi connectivity index (χ4v) is 8.88. The Hall–Kier alpha value is -4.61. The summed E-state index contributed by atoms with van der Waals surface area (Å²) in [5.74, 6) is 2.96. The Morgan fingerprint density at radius 2 is 1.57 bits per heavy atom. The van der Waals surface area contributed by atoms with Crippen LogP contribution in [0.15, 0.2) is 75.1 Å². The second kappa shape index (κ2) is 16.6. The van der Waals surface area contributed by atoms with Crippen molar-refractivity contribution < 1.29 is 22.5 Å². The van der Waals surface area contributed by atoms with Gasteiger partial charge < -0.3 is 9.26 Å². The molecule has 0 amide bonds. The number of ether oxygens (including phenoxy) is 1. The van der Waals surface area contributed by atoms with Crippen LogP contribution in [0.3, 0.4) is 0 Å². The molecule has 10 nitrogen and oxygen atoms in total. The molecule has 2 aromatic heterocycles. The molecule has 1 aliphatic heterocycles. The summed E-state index contributed by atoms with van der Waals surface area (Å²) < 4.78 is 39.5. The summed E-state index contributed by atoms with van der Waals surface area (Å²) in [6.45, 7) is 7.43. The normalized spacial score (nSPS) is 14.0. The van der Waals surface area contributed by atoms with Crippen LogP contribution in [0.4, 0.5) is 0 Å². The molecule has 1 aliphatic rings. The Bertz CT molecular complexity index is 2220. The number of ketones is 1. The molecule has 0 fully saturated rings. The van der Waals surface area contributed by atoms with Gasteiger partial charge in [0.15, 0.2) is 15.7 Å². The van der Waals surface area contributed by atoms with Crippen molar-refractivity contribution in [2.45, 2.75) is 96.4 Å². The topological polar surface area (TPSA) is 130 Å². The predicted octanol–water partition coefficient (Wildman–Crippen LogP) is 9.26. The first-order chi connectivity index (χ1) is 25.5. The molecule has 1 atom stereocenters. The number of carbonyl (C=O) groups is 1. The Morgan fingerprint density at radius 1 is 0.868 bits per heavy atom. The third-order valence-corrected chi connectivity index (χ3v) is 12.1. The fraction of sp³-hybridized carbons (Fsp3) is 0.390. The molecule has 0 saturated heterocycles. The number of aliphatic imine (C=N–C) groups is 1. The summed E-state index contributed by atoms with van der Waals surface area (Å²) in [5.41, 5.74) is 6.49. The number of carbonyl (C=O) groups excluding carboxylic acids is 1. The number of benzene rings is 3. The van der Waals surface area contributed by atoms with Gasteiger partial charge in [0.1, 0.15) is 29.2 Å². The minimum absolute atomic E-state index is 0.114. The molecule has 0 spiro atoms. The molecule has 0 aliphatic carbocycles. The standard InChI is InChI=1S/C41H46ClN5O5S/c1-26-14-15-31(39-27(2)46-52-28(39)3)23-38(26)53(49,50)22-12-10-8-6-7-9-11-13-33(48)24-36-41-45-44-29(4)47(41)37-21-20-34(51-5)25-35(37)40(43-36)30-16-18-32(42)19-17-30/h14-21,23,25,36H,6-13,22,24H2,1-5H3/t36-/m0/s1. The van der Waals surface area contributed by atoms with Crippen LogP contribution in [-0.4, -0.2) is 52.7 Å². The van der Waals surface area contributed by atoms with Crippen LogP contribution in [0.25, 0.3) is 16.8 Å². The van der Waals surface area contributed by atoms with Crippen molar-refractivity contribution in [1.82, 2.24) is 19.9 Å². The summed E-state index contributed by atoms with van der Waals surface area (Å²) in [7, 11) is -1.80. The number of nitrogens with zero attached hydrogens (tertiary/aromatic N) is 5. The summed E-state index contributed by atoms with van der Waals surface area (Å²) in [6.07, 6.45) is 6.78. The molecule has 53 heavy (non-hydrogen) atoms. The van der Waals surface area contributed by atoms with E-state index in [4.69, 9.17) is 25.9 Å². The molecule has 0 saturated carbocycles. The van der Waals surface area contributed by atoms with E-state index in [2.05, 4.69) is 15.4 Å². The van der Waals surface area contributed by atoms with Crippen LogP contribution >= 0.6 is 11.6 Å². The largest absolute Gasteiger partial charge is 0.497 e. The van der Waals surface area contributed by atoms with Gasteiger partial charge in [-0.25, -0.2) is 8.42 Å². The lowest BCUT2D eigenvalue weighted by molar-refractivity contribution is -0.119. The van der Waals surface area contributed by atoms with E-state index in [1.54, 1.807) is 13.2 Å². The molecule has 0 radical (unpaired) electrons. The maximum atomic E-state index is 13.4. The Labute approximate surface area is 316 Å². The Morgan fingerprint density at radius 3 is 2.26 bits per heavy atom. The van der Waals surface area contributed by atoms with Gasteiger partial charge in [0.2, 0.25) is 0 Å². The number of hydrogen-bond acceptors (Lipinski definition) is 9. The van der Waals surface area contributed by atoms with Gasteiger partial charge in [0.25, 0.3) is 0 Å². The van der Waals surface area contributed by atoms with Gasteiger partial charge in [0.05, 0.1) is 34.9 Å². The highest BCUT2D eigenvalue weighted by Gasteiger charge is 2.30. The summed E-state index contributed by atoms with van der Waals surface area (Å²) >= 11 is 6.22. The lowest BCUT2D eigenvalue weighted by Gasteiger charge is -2.14. The summed E-state index contributed by atoms with van der Waals surface area (Å²) in [6, 6.07) is 18.4. The zero-order valence-electron chi connectivity index (χ0n) is 31.0. The number of unbranched alkanes of at least 4 members (excludes halogenated alkanes) is 6. The molecule has 0 N–H and O–H groups in total. The van der Waals surface area contributed by atoms with E-state index in [0.29, 0.717) is 45.9 Å². The van der Waals surface area contributed by atoms with Crippen molar-refractivity contribution in [2.24, 2.45) is 4.99 Å². The van der Waals surface area contributed by atoms with Crippen molar-refractivity contribution in [2.75, 3.05) is 12.9 Å². The van der Waals surface area contributed by atoms with Gasteiger partial charge in [-0.15, -0.1) is 10.2 Å². The molecule has 278 valence electrons. The maximum Gasteiger partial charge on any atom is 0.178 e. The molecular formula is C41H46ClN5O5S. The van der Waals surface area contributed by atoms with Crippen LogP contribution in [0, 0.1) is 27.7 Å². The van der Waals surface area contributed by atoms with Crippen molar-refractivity contribution in [3.05, 3.63) is 105 Å². The Kier molecular flexibility index (Phi) is 11.9. The number of methoxy groups -OCH3 is 1. The number of aromatic nitrogens is 4. The molecule has 12 heteroatoms. The number of sulfone groups is 1. The van der Waals surface area contributed by atoms with E-state index in [1.165, 1.54) is 0 Å². The lowest BCUT2D eigenvalue weighted by atomic mass is 9.99. The van der Waals surface area contributed by atoms with Crippen LogP contribution < -0.4 is 4.74 Å². The van der Waals surface area contributed by atoms with Gasteiger partial charge in [0, 0.05) is 34.6 Å². The minimum Gasteiger partial charge on any atom is -0.497 e. The highest BCUT2D eigenvalue weighted by atomic mass is 35.5. The van der Waals surface area contributed by atoms with Crippen LogP contribution in [0.1, 0.15) is 104 Å². The zero-order valence-corrected chi connectivity index (χ0v) is 32.6. The van der Waals surface area contributed by atoms with Gasteiger partial charge in [-0.1, -0.05) is 73.1 Å². The molecule has 0 unspecified atom stereocenters. The first kappa shape index (κ1) is 38.1. The van der Waals surface area contributed by atoms with E-state index in [1.807, 2.05) is 86.9 Å². The van der Waals surface area contributed by atoms with E-state index in [9.17, 15) is 13.2 Å². The lowest BCUT2D eigenvalue weighted by Crippen LogP contribution is -2.11. The third kappa shape index (κ3) is 8.63. The highest BCUT2D eigenvalue weighted by Crippen LogP contribution is 2.35. The van der Waals surface area contributed by atoms with Crippen molar-refractivity contribution in [3.8, 4) is 22.6 Å². The third-order valence-electron chi connectivity index (χ3n) is 9.89. The number of fused-ring (bicyclic) bond motifs is 3. The second-order valence-electron chi connectivity index (χ2n) is 13.8. The molecule has 3 aromatic carbocycles. The van der Waals surface area contributed by atoms with Gasteiger partial charge in [-0.2, -0.15) is 0 Å². The second-order valence-corrected chi connectivity index (χ2v) is 16.3. The molecule has 6 rings (SSSR count). The van der Waals surface area contributed by atoms with Crippen LogP contribution in [0.5, 0.6) is 5.75 Å². The molecule has 0 bridgehead atoms. The summed E-state index contributed by atoms with van der Waals surface area (Å²) in [4.78, 5) is 18.9. The molecule has 3 heterocycles. The monoisotopic (exact) mass is 755 g/mol. The number of Topliss-reactive ketones (excluding diaryl/α,β-unsaturated/α-hetero) is 1. The average Bonchev–Trinajstić information content (AvgIpc) is 3.65. The Balaban J connectivity index is 1.00. The quantitative estimate of drug-likeness (QED) is 0.0912. The predicted molar refractivity (Wildman–Crippen MR) is 207 cm³/mol. The molecular weight excluding hydrogens is 710 g/mol. The van der Waals surface area contributed by atoms with Gasteiger partial charge in [-0.05, 0) is 88.1 Å². The SMILES string of the molecule is COc1ccc2c(c1)C(c1ccc(Cl)cc1)=N[C@@H](CC(=O)CCCCCCCCCS(=O)(=O)c1cc(-c3c(C)noc3C)ccc1C)c1nnc(C)n1-2. The van der Waals surface area contributed by atoms with E-state index >= 15 is 0 Å². The van der Waals surface area contributed by atoms with E-state index < -0.39 is 15.9 Å². The van der Waals surface area contributed by atoms with E-state index in [0.717, 1.165) is 83.4 Å². The maximum absolute atomic E-state index is 13.4. The van der Waals surface area contributed by atoms with Crippen LogP contribution in [-0.2, 0) is 14.6 Å². The average molecular weight is 756 g/mol. The summed E-state index contributed by atoms with van der Waals surface area (Å²) in [5, 5.41) is 13.5. The van der Waals surface area contributed by atoms with Gasteiger partial charge in [-0.3, -0.25) is 14.4 Å². The smallest absolute Gasteiger partial charge is 0.178 e. The van der Waals surface area contributed by atoms with Crippen LogP contribution in [0.2, 0.25) is 5.02 Å².